The number of nitrogens with one attached hydrogen (secondary N) is 2. The van der Waals surface area contributed by atoms with Gasteiger partial charge < -0.3 is 25.5 Å². The van der Waals surface area contributed by atoms with Gasteiger partial charge in [0.1, 0.15) is 12.6 Å². The molecule has 0 aliphatic carbocycles. The third-order valence-electron chi connectivity index (χ3n) is 4.35. The predicted octanol–water partition coefficient (Wildman–Crippen LogP) is 2.94. The molecule has 0 unspecified atom stereocenters. The van der Waals surface area contributed by atoms with Crippen molar-refractivity contribution in [2.75, 3.05) is 26.4 Å². The van der Waals surface area contributed by atoms with Gasteiger partial charge in [0.25, 0.3) is 0 Å². The van der Waals surface area contributed by atoms with Crippen molar-refractivity contribution in [3.63, 3.8) is 0 Å². The molecule has 10 heteroatoms. The van der Waals surface area contributed by atoms with Gasteiger partial charge in [0.05, 0.1) is 19.5 Å². The van der Waals surface area contributed by atoms with Crippen LogP contribution in [0, 0.1) is 0 Å². The van der Waals surface area contributed by atoms with Crippen LogP contribution in [0.15, 0.2) is 12.5 Å². The second-order valence-electron chi connectivity index (χ2n) is 6.89. The molecule has 0 fully saturated rings. The number of esters is 1. The highest BCUT2D eigenvalue weighted by atomic mass is 35.5. The van der Waals surface area contributed by atoms with Crippen molar-refractivity contribution < 1.29 is 19.1 Å². The molecule has 8 nitrogen and oxygen atoms in total. The van der Waals surface area contributed by atoms with Crippen LogP contribution in [0.5, 0.6) is 0 Å². The van der Waals surface area contributed by atoms with E-state index in [1.807, 2.05) is 0 Å². The van der Waals surface area contributed by atoms with E-state index in [0.29, 0.717) is 26.0 Å². The number of aromatic amines is 1. The average Bonchev–Trinajstić information content (AvgIpc) is 3.19. The Balaban J connectivity index is 0. The highest BCUT2D eigenvalue weighted by Crippen LogP contribution is 2.08. The molecule has 1 heterocycles. The largest absolute Gasteiger partial charge is 0.462 e. The summed E-state index contributed by atoms with van der Waals surface area (Å²) in [5.41, 5.74) is 6.56. The molecule has 176 valence electrons. The minimum absolute atomic E-state index is 0. The van der Waals surface area contributed by atoms with Crippen LogP contribution in [0.4, 0.5) is 0 Å². The average molecular weight is 469 g/mol. The summed E-state index contributed by atoms with van der Waals surface area (Å²) >= 11 is 0. The summed E-state index contributed by atoms with van der Waals surface area (Å²) in [6, 6.07) is -0.730. The number of nitrogens with zero attached hydrogens (tertiary/aromatic N) is 1. The van der Waals surface area contributed by atoms with E-state index in [4.69, 9.17) is 15.2 Å². The predicted molar refractivity (Wildman–Crippen MR) is 122 cm³/mol. The van der Waals surface area contributed by atoms with Gasteiger partial charge in [-0.15, -0.1) is 24.8 Å². The number of unbranched alkanes of at least 4 members (excludes halogenated alkanes) is 6. The van der Waals surface area contributed by atoms with E-state index in [2.05, 4.69) is 22.2 Å². The second kappa shape index (κ2) is 20.9. The molecular formula is C20H38Cl2N4O4. The molecule has 0 saturated heterocycles. The summed E-state index contributed by atoms with van der Waals surface area (Å²) < 4.78 is 10.4. The second-order valence-corrected chi connectivity index (χ2v) is 6.89. The number of hydrogen-bond donors (Lipinski definition) is 3. The number of carbonyl (C=O) groups excluding carboxylic acids is 2. The normalized spacial score (nSPS) is 11.1. The lowest BCUT2D eigenvalue weighted by Gasteiger charge is -2.11. The Morgan fingerprint density at radius 3 is 2.47 bits per heavy atom. The van der Waals surface area contributed by atoms with Crippen molar-refractivity contribution in [2.45, 2.75) is 70.8 Å². The molecule has 1 aromatic rings. The summed E-state index contributed by atoms with van der Waals surface area (Å²) in [5, 5.41) is 2.84. The van der Waals surface area contributed by atoms with Gasteiger partial charge in [-0.1, -0.05) is 45.4 Å². The molecule has 0 aliphatic heterocycles. The van der Waals surface area contributed by atoms with Crippen LogP contribution in [-0.2, 0) is 25.5 Å². The molecule has 1 aromatic heterocycles. The fraction of sp³-hybridized carbons (Fsp3) is 0.750. The number of amides is 1. The summed E-state index contributed by atoms with van der Waals surface area (Å²) in [7, 11) is 0. The van der Waals surface area contributed by atoms with Crippen molar-refractivity contribution in [2.24, 2.45) is 5.73 Å². The van der Waals surface area contributed by atoms with Gasteiger partial charge in [0.15, 0.2) is 0 Å². The van der Waals surface area contributed by atoms with Crippen LogP contribution < -0.4 is 11.1 Å². The summed E-state index contributed by atoms with van der Waals surface area (Å²) in [6.45, 7) is 3.47. The minimum Gasteiger partial charge on any atom is -0.462 e. The molecule has 1 amide bonds. The molecule has 4 N–H and O–H groups in total. The zero-order valence-corrected chi connectivity index (χ0v) is 19.5. The Hall–Kier alpha value is -1.35. The maximum Gasteiger partial charge on any atom is 0.323 e. The Bertz CT molecular complexity index is 533. The molecule has 0 bridgehead atoms. The lowest BCUT2D eigenvalue weighted by molar-refractivity contribution is -0.146. The van der Waals surface area contributed by atoms with Crippen molar-refractivity contribution in [1.29, 1.82) is 0 Å². The Morgan fingerprint density at radius 1 is 1.10 bits per heavy atom. The number of carbonyl (C=O) groups is 2. The van der Waals surface area contributed by atoms with Gasteiger partial charge >= 0.3 is 5.97 Å². The summed E-state index contributed by atoms with van der Waals surface area (Å²) in [5.74, 6) is -0.408. The van der Waals surface area contributed by atoms with E-state index in [1.54, 1.807) is 6.20 Å². The van der Waals surface area contributed by atoms with Gasteiger partial charge in [-0.2, -0.15) is 0 Å². The van der Waals surface area contributed by atoms with E-state index in [0.717, 1.165) is 18.5 Å². The van der Waals surface area contributed by atoms with Crippen LogP contribution in [0.2, 0.25) is 0 Å². The van der Waals surface area contributed by atoms with Gasteiger partial charge in [0, 0.05) is 31.3 Å². The first kappa shape index (κ1) is 30.8. The summed E-state index contributed by atoms with van der Waals surface area (Å²) in [6.07, 6.45) is 12.5. The van der Waals surface area contributed by atoms with Gasteiger partial charge in [0.2, 0.25) is 5.91 Å². The number of ether oxygens (including phenoxy) is 2. The monoisotopic (exact) mass is 468 g/mol. The van der Waals surface area contributed by atoms with Crippen LogP contribution in [0.3, 0.4) is 0 Å². The van der Waals surface area contributed by atoms with E-state index >= 15 is 0 Å². The number of halogens is 2. The highest BCUT2D eigenvalue weighted by Gasteiger charge is 2.16. The van der Waals surface area contributed by atoms with E-state index in [9.17, 15) is 9.59 Å². The van der Waals surface area contributed by atoms with Crippen LogP contribution in [0.25, 0.3) is 0 Å². The van der Waals surface area contributed by atoms with Crippen molar-refractivity contribution in [3.05, 3.63) is 18.2 Å². The lowest BCUT2D eigenvalue weighted by atomic mass is 10.1. The maximum absolute atomic E-state index is 11.8. The molecule has 1 rings (SSSR count). The molecule has 0 saturated carbocycles. The van der Waals surface area contributed by atoms with Crippen LogP contribution >= 0.6 is 24.8 Å². The van der Waals surface area contributed by atoms with Crippen LogP contribution in [-0.4, -0.2) is 54.3 Å². The topological polar surface area (TPSA) is 119 Å². The molecule has 1 atom stereocenters. The van der Waals surface area contributed by atoms with Gasteiger partial charge in [-0.3, -0.25) is 9.59 Å². The molecule has 0 aliphatic rings. The van der Waals surface area contributed by atoms with E-state index in [1.165, 1.54) is 38.4 Å². The Morgan fingerprint density at radius 2 is 1.80 bits per heavy atom. The minimum atomic E-state index is -0.730. The first-order valence-corrected chi connectivity index (χ1v) is 10.4. The van der Waals surface area contributed by atoms with Crippen molar-refractivity contribution >= 4 is 36.7 Å². The molecule has 0 radical (unpaired) electrons. The third-order valence-corrected chi connectivity index (χ3v) is 4.35. The fourth-order valence-electron chi connectivity index (χ4n) is 2.72. The number of imidazole rings is 1. The van der Waals surface area contributed by atoms with Crippen molar-refractivity contribution in [3.8, 4) is 0 Å². The fourth-order valence-corrected chi connectivity index (χ4v) is 2.72. The number of hydrogen-bond acceptors (Lipinski definition) is 6. The highest BCUT2D eigenvalue weighted by molar-refractivity contribution is 5.85. The zero-order chi connectivity index (χ0) is 20.5. The quantitative estimate of drug-likeness (QED) is 0.238. The molecule has 30 heavy (non-hydrogen) atoms. The smallest absolute Gasteiger partial charge is 0.323 e. The first-order chi connectivity index (χ1) is 13.6. The lowest BCUT2D eigenvalue weighted by Crippen LogP contribution is -2.35. The number of aromatic nitrogens is 2. The van der Waals surface area contributed by atoms with Crippen molar-refractivity contribution in [1.82, 2.24) is 15.3 Å². The third kappa shape index (κ3) is 16.4. The SMILES string of the molecule is CCCCCCCCCC(=O)NCCOCCOC(=O)[C@@H](N)Cc1cnc[nH]1.Cl.Cl. The Kier molecular flexibility index (Phi) is 21.5. The summed E-state index contributed by atoms with van der Waals surface area (Å²) in [4.78, 5) is 30.2. The molecular weight excluding hydrogens is 431 g/mol. The van der Waals surface area contributed by atoms with E-state index in [-0.39, 0.29) is 43.9 Å². The number of nitrogens with two attached hydrogens (primary N) is 1. The van der Waals surface area contributed by atoms with E-state index < -0.39 is 12.0 Å². The standard InChI is InChI=1S/C20H36N4O4.2ClH/c1-2-3-4-5-6-7-8-9-19(25)23-10-11-27-12-13-28-20(26)18(21)14-17-15-22-16-24-17;;/h15-16,18H,2-14,21H2,1H3,(H,22,24)(H,23,25);2*1H/t18-;;/m0../s1. The number of rotatable bonds is 17. The Labute approximate surface area is 192 Å². The zero-order valence-electron chi connectivity index (χ0n) is 17.9. The van der Waals surface area contributed by atoms with Gasteiger partial charge in [-0.25, -0.2) is 4.98 Å². The van der Waals surface area contributed by atoms with Gasteiger partial charge in [-0.05, 0) is 6.42 Å². The first-order valence-electron chi connectivity index (χ1n) is 10.4. The maximum atomic E-state index is 11.8. The molecule has 0 spiro atoms. The van der Waals surface area contributed by atoms with Crippen LogP contribution in [0.1, 0.15) is 64.0 Å². The number of H-pyrrole nitrogens is 1. The molecule has 0 aromatic carbocycles.